The van der Waals surface area contributed by atoms with Gasteiger partial charge in [0.1, 0.15) is 0 Å². The predicted octanol–water partition coefficient (Wildman–Crippen LogP) is 3.24. The van der Waals surface area contributed by atoms with Crippen LogP contribution in [0, 0.1) is 6.92 Å². The van der Waals surface area contributed by atoms with Gasteiger partial charge in [0, 0.05) is 31.1 Å². The van der Waals surface area contributed by atoms with Crippen molar-refractivity contribution >= 4 is 10.0 Å². The van der Waals surface area contributed by atoms with Gasteiger partial charge < -0.3 is 5.11 Å². The quantitative estimate of drug-likeness (QED) is 0.794. The molecule has 2 aliphatic rings. The second-order valence-electron chi connectivity index (χ2n) is 8.48. The Morgan fingerprint density at radius 2 is 1.73 bits per heavy atom. The molecule has 2 fully saturated rings. The Bertz CT molecular complexity index is 974. The Hall–Kier alpha value is -1.73. The van der Waals surface area contributed by atoms with E-state index in [0.29, 0.717) is 13.1 Å². The summed E-state index contributed by atoms with van der Waals surface area (Å²) in [6, 6.07) is 17.1. The predicted molar refractivity (Wildman–Crippen MR) is 121 cm³/mol. The van der Waals surface area contributed by atoms with E-state index in [-0.39, 0.29) is 30.4 Å². The van der Waals surface area contributed by atoms with Crippen LogP contribution in [-0.2, 0) is 10.0 Å². The lowest BCUT2D eigenvalue weighted by Crippen LogP contribution is -2.67. The Labute approximate surface area is 180 Å². The Morgan fingerprint density at radius 1 is 1.03 bits per heavy atom. The molecular formula is C24H32N2O3S. The van der Waals surface area contributed by atoms with Gasteiger partial charge in [0.05, 0.1) is 12.4 Å². The zero-order valence-electron chi connectivity index (χ0n) is 17.9. The van der Waals surface area contributed by atoms with Crippen molar-refractivity contribution in [2.75, 3.05) is 32.0 Å². The van der Waals surface area contributed by atoms with Gasteiger partial charge in [-0.3, -0.25) is 4.90 Å². The third-order valence-corrected chi connectivity index (χ3v) is 8.69. The first kappa shape index (κ1) is 21.5. The van der Waals surface area contributed by atoms with Crippen LogP contribution in [0.3, 0.4) is 0 Å². The lowest BCUT2D eigenvalue weighted by Gasteiger charge is -2.57. The minimum absolute atomic E-state index is 0.0589. The molecule has 0 unspecified atom stereocenters. The summed E-state index contributed by atoms with van der Waals surface area (Å²) in [6.07, 6.45) is 1.83. The van der Waals surface area contributed by atoms with Gasteiger partial charge in [-0.15, -0.1) is 0 Å². The van der Waals surface area contributed by atoms with Gasteiger partial charge in [0.25, 0.3) is 0 Å². The van der Waals surface area contributed by atoms with Gasteiger partial charge in [-0.1, -0.05) is 48.5 Å². The van der Waals surface area contributed by atoms with Gasteiger partial charge >= 0.3 is 0 Å². The van der Waals surface area contributed by atoms with Crippen molar-refractivity contribution in [2.24, 2.45) is 0 Å². The van der Waals surface area contributed by atoms with Crippen LogP contribution in [-0.4, -0.2) is 66.8 Å². The number of rotatable bonds is 5. The first-order valence-corrected chi connectivity index (χ1v) is 12.6. The van der Waals surface area contributed by atoms with E-state index in [1.165, 1.54) is 22.3 Å². The molecule has 0 bridgehead atoms. The fourth-order valence-electron chi connectivity index (χ4n) is 5.13. The monoisotopic (exact) mass is 428 g/mol. The largest absolute Gasteiger partial charge is 0.395 e. The molecule has 0 radical (unpaired) electrons. The molecule has 30 heavy (non-hydrogen) atoms. The average molecular weight is 429 g/mol. The van der Waals surface area contributed by atoms with Gasteiger partial charge in [-0.05, 0) is 55.5 Å². The minimum Gasteiger partial charge on any atom is -0.395 e. The van der Waals surface area contributed by atoms with Crippen LogP contribution < -0.4 is 0 Å². The number of aryl methyl sites for hydroxylation is 1. The molecule has 2 aliphatic heterocycles. The Kier molecular flexibility index (Phi) is 6.30. The van der Waals surface area contributed by atoms with Crippen LogP contribution in [0.15, 0.2) is 48.5 Å². The highest BCUT2D eigenvalue weighted by molar-refractivity contribution is 7.89. The Morgan fingerprint density at radius 3 is 2.40 bits per heavy atom. The molecule has 4 rings (SSSR count). The fraction of sp³-hybridized carbons (Fsp3) is 0.500. The van der Waals surface area contributed by atoms with Crippen LogP contribution in [0.4, 0.5) is 0 Å². The number of sulfonamides is 1. The van der Waals surface area contributed by atoms with Gasteiger partial charge in [0.15, 0.2) is 0 Å². The molecule has 0 amide bonds. The van der Waals surface area contributed by atoms with E-state index in [4.69, 9.17) is 0 Å². The van der Waals surface area contributed by atoms with Crippen molar-refractivity contribution in [1.29, 1.82) is 0 Å². The van der Waals surface area contributed by atoms with Gasteiger partial charge in [0.2, 0.25) is 10.0 Å². The van der Waals surface area contributed by atoms with Crippen molar-refractivity contribution in [3.63, 3.8) is 0 Å². The number of fused-ring (bicyclic) bond motifs is 1. The summed E-state index contributed by atoms with van der Waals surface area (Å²) in [5.41, 5.74) is 4.83. The summed E-state index contributed by atoms with van der Waals surface area (Å²) in [5, 5.41) is 10.1. The third kappa shape index (κ3) is 3.94. The number of hydrogen-bond donors (Lipinski definition) is 1. The SMILES string of the molecule is CCS(=O)(=O)N1CCCCN2[C@H](C1)[C@H](c1ccc(-c3ccccc3C)cc1)[C@@H]2CO. The lowest BCUT2D eigenvalue weighted by atomic mass is 9.74. The maximum absolute atomic E-state index is 12.6. The zero-order chi connectivity index (χ0) is 21.3. The summed E-state index contributed by atoms with van der Waals surface area (Å²) >= 11 is 0. The van der Waals surface area contributed by atoms with E-state index >= 15 is 0 Å². The highest BCUT2D eigenvalue weighted by atomic mass is 32.2. The molecule has 0 saturated carbocycles. The molecule has 0 aromatic heterocycles. The van der Waals surface area contributed by atoms with Crippen LogP contribution in [0.25, 0.3) is 11.1 Å². The first-order valence-electron chi connectivity index (χ1n) is 11.0. The molecule has 162 valence electrons. The maximum atomic E-state index is 12.6. The Balaban J connectivity index is 1.61. The minimum atomic E-state index is -3.22. The number of aliphatic hydroxyl groups is 1. The van der Waals surface area contributed by atoms with Crippen LogP contribution >= 0.6 is 0 Å². The second-order valence-corrected chi connectivity index (χ2v) is 10.7. The molecular weight excluding hydrogens is 396 g/mol. The van der Waals surface area contributed by atoms with E-state index in [2.05, 4.69) is 54.3 Å². The van der Waals surface area contributed by atoms with E-state index in [1.807, 2.05) is 6.07 Å². The summed E-state index contributed by atoms with van der Waals surface area (Å²) in [4.78, 5) is 2.32. The molecule has 2 aromatic carbocycles. The zero-order valence-corrected chi connectivity index (χ0v) is 18.7. The van der Waals surface area contributed by atoms with E-state index < -0.39 is 10.0 Å². The molecule has 0 aliphatic carbocycles. The summed E-state index contributed by atoms with van der Waals surface area (Å²) in [5.74, 6) is 0.285. The van der Waals surface area contributed by atoms with Crippen molar-refractivity contribution in [2.45, 2.75) is 44.7 Å². The molecule has 2 saturated heterocycles. The van der Waals surface area contributed by atoms with Gasteiger partial charge in [-0.2, -0.15) is 0 Å². The topological polar surface area (TPSA) is 60.9 Å². The highest BCUT2D eigenvalue weighted by Crippen LogP contribution is 2.42. The van der Waals surface area contributed by atoms with Crippen molar-refractivity contribution < 1.29 is 13.5 Å². The number of hydrogen-bond acceptors (Lipinski definition) is 4. The normalized spacial score (nSPS) is 25.8. The van der Waals surface area contributed by atoms with Crippen molar-refractivity contribution in [3.8, 4) is 11.1 Å². The maximum Gasteiger partial charge on any atom is 0.213 e. The van der Waals surface area contributed by atoms with Crippen molar-refractivity contribution in [3.05, 3.63) is 59.7 Å². The molecule has 6 heteroatoms. The standard InChI is InChI=1S/C24H32N2O3S/c1-3-30(28,29)25-14-6-7-15-26-22(16-25)24(23(26)17-27)20-12-10-19(11-13-20)21-9-5-4-8-18(21)2/h4-5,8-13,22-24,27H,3,6-7,14-17H2,1-2H3/t22-,23+,24+/m1/s1. The van der Waals surface area contributed by atoms with Crippen LogP contribution in [0.5, 0.6) is 0 Å². The molecule has 5 nitrogen and oxygen atoms in total. The first-order chi connectivity index (χ1) is 14.5. The number of benzene rings is 2. The smallest absolute Gasteiger partial charge is 0.213 e. The molecule has 0 spiro atoms. The number of aliphatic hydroxyl groups excluding tert-OH is 1. The van der Waals surface area contributed by atoms with Gasteiger partial charge in [-0.25, -0.2) is 12.7 Å². The van der Waals surface area contributed by atoms with Crippen molar-refractivity contribution in [1.82, 2.24) is 9.21 Å². The molecule has 1 N–H and O–H groups in total. The summed E-state index contributed by atoms with van der Waals surface area (Å²) in [6.45, 7) is 5.96. The highest BCUT2D eigenvalue weighted by Gasteiger charge is 2.49. The molecule has 2 heterocycles. The summed E-state index contributed by atoms with van der Waals surface area (Å²) < 4.78 is 26.8. The lowest BCUT2D eigenvalue weighted by molar-refractivity contribution is -0.0553. The van der Waals surface area contributed by atoms with E-state index in [0.717, 1.165) is 19.4 Å². The molecule has 2 aromatic rings. The van der Waals surface area contributed by atoms with Crippen LogP contribution in [0.1, 0.15) is 36.8 Å². The summed E-state index contributed by atoms with van der Waals surface area (Å²) in [7, 11) is -3.22. The fourth-order valence-corrected chi connectivity index (χ4v) is 6.28. The van der Waals surface area contributed by atoms with Crippen LogP contribution in [0.2, 0.25) is 0 Å². The van der Waals surface area contributed by atoms with E-state index in [1.54, 1.807) is 11.2 Å². The second kappa shape index (κ2) is 8.79. The molecule has 3 atom stereocenters. The third-order valence-electron chi connectivity index (χ3n) is 6.84. The van der Waals surface area contributed by atoms with E-state index in [9.17, 15) is 13.5 Å². The number of nitrogens with zero attached hydrogens (tertiary/aromatic N) is 2. The average Bonchev–Trinajstić information content (AvgIpc) is 2.73.